The molecule has 0 aliphatic carbocycles. The highest BCUT2D eigenvalue weighted by Gasteiger charge is 2.14. The summed E-state index contributed by atoms with van der Waals surface area (Å²) in [5.74, 6) is -1.41. The molecule has 0 radical (unpaired) electrons. The maximum absolute atomic E-state index is 13.7. The summed E-state index contributed by atoms with van der Waals surface area (Å²) < 4.78 is 16.5. The van der Waals surface area contributed by atoms with Crippen LogP contribution in [0, 0.1) is 5.82 Å². The lowest BCUT2D eigenvalue weighted by Crippen LogP contribution is -2.24. The van der Waals surface area contributed by atoms with Gasteiger partial charge in [-0.05, 0) is 40.2 Å². The van der Waals surface area contributed by atoms with E-state index in [-0.39, 0.29) is 17.9 Å². The second kappa shape index (κ2) is 8.72. The van der Waals surface area contributed by atoms with E-state index in [0.29, 0.717) is 17.4 Å². The van der Waals surface area contributed by atoms with Crippen molar-refractivity contribution in [2.45, 2.75) is 13.0 Å². The normalized spacial score (nSPS) is 10.9. The number of hydrogen-bond donors (Lipinski definition) is 2. The van der Waals surface area contributed by atoms with E-state index in [1.54, 1.807) is 11.4 Å². The standard InChI is InChI=1S/C20H15BrFN5O2S/c21-12-5-6-17-24-14(10-27(17)9-12)8-23-18(28)7-13-11-30-20(25-13)26-19(29)15-3-1-2-4-16(15)22/h1-6,9-11H,7-8H2,(H,23,28)(H,25,26,29). The van der Waals surface area contributed by atoms with E-state index >= 15 is 0 Å². The molecule has 0 bridgehead atoms. The predicted molar refractivity (Wildman–Crippen MR) is 115 cm³/mol. The third-order valence-corrected chi connectivity index (χ3v) is 5.44. The van der Waals surface area contributed by atoms with Gasteiger partial charge >= 0.3 is 0 Å². The van der Waals surface area contributed by atoms with Gasteiger partial charge in [-0.3, -0.25) is 14.9 Å². The Morgan fingerprint density at radius 3 is 2.77 bits per heavy atom. The molecule has 0 saturated carbocycles. The Kier molecular flexibility index (Phi) is 5.86. The smallest absolute Gasteiger partial charge is 0.260 e. The van der Waals surface area contributed by atoms with Crippen molar-refractivity contribution in [3.63, 3.8) is 0 Å². The fourth-order valence-corrected chi connectivity index (χ4v) is 3.83. The van der Waals surface area contributed by atoms with Crippen molar-refractivity contribution in [2.75, 3.05) is 5.32 Å². The van der Waals surface area contributed by atoms with Crippen LogP contribution >= 0.6 is 27.3 Å². The molecule has 1 aromatic carbocycles. The van der Waals surface area contributed by atoms with Gasteiger partial charge in [0, 0.05) is 22.2 Å². The van der Waals surface area contributed by atoms with E-state index < -0.39 is 11.7 Å². The van der Waals surface area contributed by atoms with E-state index in [2.05, 4.69) is 36.5 Å². The van der Waals surface area contributed by atoms with Crippen LogP contribution < -0.4 is 10.6 Å². The molecule has 152 valence electrons. The topological polar surface area (TPSA) is 88.4 Å². The molecule has 3 heterocycles. The molecule has 0 saturated heterocycles. The molecule has 2 N–H and O–H groups in total. The molecule has 4 rings (SSSR count). The molecular formula is C20H15BrFN5O2S. The van der Waals surface area contributed by atoms with Crippen LogP contribution in [0.2, 0.25) is 0 Å². The fourth-order valence-electron chi connectivity index (χ4n) is 2.77. The van der Waals surface area contributed by atoms with Crippen molar-refractivity contribution in [3.8, 4) is 0 Å². The lowest BCUT2D eigenvalue weighted by Gasteiger charge is -2.03. The van der Waals surface area contributed by atoms with Crippen molar-refractivity contribution >= 4 is 49.9 Å². The Morgan fingerprint density at radius 2 is 1.93 bits per heavy atom. The number of nitrogens with one attached hydrogen (secondary N) is 2. The van der Waals surface area contributed by atoms with Gasteiger partial charge in [0.05, 0.1) is 29.9 Å². The third kappa shape index (κ3) is 4.71. The number of amides is 2. The number of rotatable bonds is 6. The second-order valence-electron chi connectivity index (χ2n) is 6.38. The lowest BCUT2D eigenvalue weighted by atomic mass is 10.2. The molecule has 0 aliphatic rings. The number of aromatic nitrogens is 3. The minimum atomic E-state index is -0.606. The highest BCUT2D eigenvalue weighted by Crippen LogP contribution is 2.18. The molecule has 0 unspecified atom stereocenters. The highest BCUT2D eigenvalue weighted by molar-refractivity contribution is 9.10. The largest absolute Gasteiger partial charge is 0.350 e. The third-order valence-electron chi connectivity index (χ3n) is 4.16. The highest BCUT2D eigenvalue weighted by atomic mass is 79.9. The van der Waals surface area contributed by atoms with Crippen LogP contribution in [0.3, 0.4) is 0 Å². The van der Waals surface area contributed by atoms with Crippen LogP contribution in [0.25, 0.3) is 5.65 Å². The number of anilines is 1. The lowest BCUT2D eigenvalue weighted by molar-refractivity contribution is -0.120. The van der Waals surface area contributed by atoms with Crippen LogP contribution in [-0.2, 0) is 17.8 Å². The van der Waals surface area contributed by atoms with Crippen LogP contribution in [0.4, 0.5) is 9.52 Å². The Bertz CT molecular complexity index is 1240. The monoisotopic (exact) mass is 487 g/mol. The predicted octanol–water partition coefficient (Wildman–Crippen LogP) is 3.80. The maximum atomic E-state index is 13.7. The number of thiazole rings is 1. The zero-order valence-electron chi connectivity index (χ0n) is 15.4. The Balaban J connectivity index is 1.32. The molecule has 7 nitrogen and oxygen atoms in total. The molecule has 2 amide bonds. The summed E-state index contributed by atoms with van der Waals surface area (Å²) in [6.45, 7) is 0.291. The van der Waals surface area contributed by atoms with Gasteiger partial charge in [0.1, 0.15) is 11.5 Å². The van der Waals surface area contributed by atoms with Crippen molar-refractivity contribution in [1.82, 2.24) is 19.7 Å². The summed E-state index contributed by atoms with van der Waals surface area (Å²) >= 11 is 4.58. The number of imidazole rings is 1. The van der Waals surface area contributed by atoms with Gasteiger partial charge in [0.25, 0.3) is 5.91 Å². The number of hydrogen-bond acceptors (Lipinski definition) is 5. The van der Waals surface area contributed by atoms with E-state index in [4.69, 9.17) is 0 Å². The number of pyridine rings is 1. The molecule has 0 aliphatic heterocycles. The molecule has 30 heavy (non-hydrogen) atoms. The number of halogens is 2. The van der Waals surface area contributed by atoms with Crippen LogP contribution in [-0.4, -0.2) is 26.2 Å². The summed E-state index contributed by atoms with van der Waals surface area (Å²) in [7, 11) is 0. The zero-order chi connectivity index (χ0) is 21.1. The van der Waals surface area contributed by atoms with Crippen molar-refractivity contribution in [2.24, 2.45) is 0 Å². The van der Waals surface area contributed by atoms with Crippen LogP contribution in [0.5, 0.6) is 0 Å². The average molecular weight is 488 g/mol. The fraction of sp³-hybridized carbons (Fsp3) is 0.100. The molecule has 0 atom stereocenters. The summed E-state index contributed by atoms with van der Waals surface area (Å²) in [6.07, 6.45) is 3.80. The first-order valence-electron chi connectivity index (χ1n) is 8.88. The quantitative estimate of drug-likeness (QED) is 0.432. The van der Waals surface area contributed by atoms with Gasteiger partial charge in [0.2, 0.25) is 5.91 Å². The molecule has 3 aromatic heterocycles. The van der Waals surface area contributed by atoms with E-state index in [1.807, 2.05) is 28.9 Å². The van der Waals surface area contributed by atoms with Crippen molar-refractivity contribution < 1.29 is 14.0 Å². The van der Waals surface area contributed by atoms with E-state index in [9.17, 15) is 14.0 Å². The van der Waals surface area contributed by atoms with Crippen molar-refractivity contribution in [1.29, 1.82) is 0 Å². The number of carbonyl (C=O) groups excluding carboxylic acids is 2. The molecular weight excluding hydrogens is 473 g/mol. The van der Waals surface area contributed by atoms with Gasteiger partial charge < -0.3 is 9.72 Å². The average Bonchev–Trinajstić information content (AvgIpc) is 3.32. The first kappa shape index (κ1) is 20.2. The minimum absolute atomic E-state index is 0.0605. The summed E-state index contributed by atoms with van der Waals surface area (Å²) in [5.41, 5.74) is 1.97. The molecule has 0 fully saturated rings. The number of fused-ring (bicyclic) bond motifs is 1. The SMILES string of the molecule is O=C(Cc1csc(NC(=O)c2ccccc2F)n1)NCc1cn2cc(Br)ccc2n1. The van der Waals surface area contributed by atoms with E-state index in [0.717, 1.165) is 15.8 Å². The van der Waals surface area contributed by atoms with Gasteiger partial charge in [-0.15, -0.1) is 11.3 Å². The molecule has 10 heteroatoms. The van der Waals surface area contributed by atoms with E-state index in [1.165, 1.54) is 29.5 Å². The number of carbonyl (C=O) groups is 2. The summed E-state index contributed by atoms with van der Waals surface area (Å²) in [4.78, 5) is 33.0. The number of benzene rings is 1. The first-order chi connectivity index (χ1) is 14.5. The molecule has 4 aromatic rings. The Hall–Kier alpha value is -3.11. The van der Waals surface area contributed by atoms with Gasteiger partial charge in [-0.25, -0.2) is 14.4 Å². The minimum Gasteiger partial charge on any atom is -0.350 e. The van der Waals surface area contributed by atoms with Crippen LogP contribution in [0.1, 0.15) is 21.7 Å². The Morgan fingerprint density at radius 1 is 1.10 bits per heavy atom. The summed E-state index contributed by atoms with van der Waals surface area (Å²) in [5, 5.41) is 7.34. The van der Waals surface area contributed by atoms with Crippen LogP contribution in [0.15, 0.2) is 58.6 Å². The summed E-state index contributed by atoms with van der Waals surface area (Å²) in [6, 6.07) is 9.48. The van der Waals surface area contributed by atoms with Gasteiger partial charge in [0.15, 0.2) is 5.13 Å². The van der Waals surface area contributed by atoms with Crippen molar-refractivity contribution in [3.05, 3.63) is 81.4 Å². The number of nitrogens with zero attached hydrogens (tertiary/aromatic N) is 3. The van der Waals surface area contributed by atoms with Gasteiger partial charge in [-0.2, -0.15) is 0 Å². The zero-order valence-corrected chi connectivity index (χ0v) is 17.8. The molecule has 0 spiro atoms. The second-order valence-corrected chi connectivity index (χ2v) is 8.15. The maximum Gasteiger partial charge on any atom is 0.260 e. The Labute approximate surface area is 183 Å². The first-order valence-corrected chi connectivity index (χ1v) is 10.6. The van der Waals surface area contributed by atoms with Gasteiger partial charge in [-0.1, -0.05) is 12.1 Å².